The Morgan fingerprint density at radius 2 is 1.86 bits per heavy atom. The topological polar surface area (TPSA) is 61.4 Å². The van der Waals surface area contributed by atoms with Gasteiger partial charge in [-0.3, -0.25) is 4.79 Å². The zero-order valence-electron chi connectivity index (χ0n) is 12.8. The Kier molecular flexibility index (Phi) is 6.01. The van der Waals surface area contributed by atoms with Crippen molar-refractivity contribution in [2.24, 2.45) is 5.92 Å². The summed E-state index contributed by atoms with van der Waals surface area (Å²) in [5.74, 6) is 0.0577. The van der Waals surface area contributed by atoms with Crippen molar-refractivity contribution in [1.82, 2.24) is 15.5 Å². The first-order chi connectivity index (χ1) is 10.7. The quantitative estimate of drug-likeness (QED) is 0.816. The summed E-state index contributed by atoms with van der Waals surface area (Å²) in [5.41, 5.74) is 1.08. The molecule has 2 rings (SSSR count). The number of nitrogens with one attached hydrogen (secondary N) is 2. The molecule has 0 radical (unpaired) electrons. The van der Waals surface area contributed by atoms with Gasteiger partial charge in [0.1, 0.15) is 0 Å². The summed E-state index contributed by atoms with van der Waals surface area (Å²) in [7, 11) is 0. The lowest BCUT2D eigenvalue weighted by atomic mass is 9.96. The highest BCUT2D eigenvalue weighted by Gasteiger charge is 2.26. The van der Waals surface area contributed by atoms with E-state index in [0.717, 1.165) is 5.56 Å². The number of piperidine rings is 1. The van der Waals surface area contributed by atoms with E-state index in [-0.39, 0.29) is 17.9 Å². The van der Waals surface area contributed by atoms with E-state index in [9.17, 15) is 9.59 Å². The smallest absolute Gasteiger partial charge is 0.317 e. The molecule has 5 nitrogen and oxygen atoms in total. The molecule has 2 N–H and O–H groups in total. The van der Waals surface area contributed by atoms with Crippen molar-refractivity contribution in [1.29, 1.82) is 0 Å². The van der Waals surface area contributed by atoms with Gasteiger partial charge in [-0.2, -0.15) is 0 Å². The minimum atomic E-state index is -0.0613. The van der Waals surface area contributed by atoms with Crippen LogP contribution in [0.5, 0.6) is 0 Å². The van der Waals surface area contributed by atoms with Gasteiger partial charge in [0.15, 0.2) is 0 Å². The zero-order chi connectivity index (χ0) is 15.8. The fraction of sp³-hybridized carbons (Fsp3) is 0.412. The third kappa shape index (κ3) is 4.62. The van der Waals surface area contributed by atoms with E-state index in [1.54, 1.807) is 11.0 Å². The fourth-order valence-corrected chi connectivity index (χ4v) is 2.55. The van der Waals surface area contributed by atoms with Gasteiger partial charge in [0.05, 0.1) is 0 Å². The summed E-state index contributed by atoms with van der Waals surface area (Å²) in [6.45, 7) is 5.84. The van der Waals surface area contributed by atoms with Gasteiger partial charge in [0, 0.05) is 32.1 Å². The van der Waals surface area contributed by atoms with Crippen molar-refractivity contribution < 1.29 is 9.59 Å². The largest absolute Gasteiger partial charge is 0.352 e. The molecule has 1 heterocycles. The van der Waals surface area contributed by atoms with Gasteiger partial charge in [-0.15, -0.1) is 6.58 Å². The molecule has 1 saturated heterocycles. The number of amides is 3. The standard InChI is InChI=1S/C17H23N3O2/c1-2-10-18-16(21)15-8-11-20(12-9-15)17(22)19-13-14-6-4-3-5-7-14/h2-7,15H,1,8-13H2,(H,18,21)(H,19,22). The van der Waals surface area contributed by atoms with Crippen LogP contribution in [0.2, 0.25) is 0 Å². The maximum atomic E-state index is 12.1. The predicted molar refractivity (Wildman–Crippen MR) is 86.2 cm³/mol. The molecule has 0 aromatic heterocycles. The maximum Gasteiger partial charge on any atom is 0.317 e. The molecule has 1 aromatic carbocycles. The Balaban J connectivity index is 1.73. The number of urea groups is 1. The van der Waals surface area contributed by atoms with Crippen molar-refractivity contribution in [3.05, 3.63) is 48.6 Å². The molecule has 1 aromatic rings. The Morgan fingerprint density at radius 3 is 2.50 bits per heavy atom. The summed E-state index contributed by atoms with van der Waals surface area (Å²) >= 11 is 0. The van der Waals surface area contributed by atoms with Crippen LogP contribution >= 0.6 is 0 Å². The summed E-state index contributed by atoms with van der Waals surface area (Å²) in [6, 6.07) is 9.76. The number of rotatable bonds is 5. The van der Waals surface area contributed by atoms with Crippen LogP contribution in [0.15, 0.2) is 43.0 Å². The Hall–Kier alpha value is -2.30. The van der Waals surface area contributed by atoms with Crippen LogP contribution in [-0.4, -0.2) is 36.5 Å². The number of likely N-dealkylation sites (tertiary alicyclic amines) is 1. The van der Waals surface area contributed by atoms with Crippen LogP contribution in [0.3, 0.4) is 0 Å². The molecular formula is C17H23N3O2. The predicted octanol–water partition coefficient (Wildman–Crippen LogP) is 1.91. The number of carbonyl (C=O) groups is 2. The van der Waals surface area contributed by atoms with Gasteiger partial charge in [0.25, 0.3) is 0 Å². The van der Waals surface area contributed by atoms with E-state index in [0.29, 0.717) is 39.0 Å². The fourth-order valence-electron chi connectivity index (χ4n) is 2.55. The molecule has 22 heavy (non-hydrogen) atoms. The van der Waals surface area contributed by atoms with Crippen molar-refractivity contribution in [3.63, 3.8) is 0 Å². The monoisotopic (exact) mass is 301 g/mol. The highest BCUT2D eigenvalue weighted by atomic mass is 16.2. The van der Waals surface area contributed by atoms with Gasteiger partial charge >= 0.3 is 6.03 Å². The Morgan fingerprint density at radius 1 is 1.18 bits per heavy atom. The summed E-state index contributed by atoms with van der Waals surface area (Å²) in [5, 5.41) is 5.74. The van der Waals surface area contributed by atoms with Crippen LogP contribution in [0, 0.1) is 5.92 Å². The first-order valence-corrected chi connectivity index (χ1v) is 7.66. The zero-order valence-corrected chi connectivity index (χ0v) is 12.8. The van der Waals surface area contributed by atoms with Crippen LogP contribution in [-0.2, 0) is 11.3 Å². The number of benzene rings is 1. The van der Waals surface area contributed by atoms with E-state index >= 15 is 0 Å². The van der Waals surface area contributed by atoms with E-state index in [2.05, 4.69) is 17.2 Å². The van der Waals surface area contributed by atoms with Gasteiger partial charge in [0.2, 0.25) is 5.91 Å². The van der Waals surface area contributed by atoms with Crippen molar-refractivity contribution in [2.75, 3.05) is 19.6 Å². The second kappa shape index (κ2) is 8.22. The van der Waals surface area contributed by atoms with E-state index in [4.69, 9.17) is 0 Å². The molecule has 1 fully saturated rings. The van der Waals surface area contributed by atoms with Crippen molar-refractivity contribution in [2.45, 2.75) is 19.4 Å². The molecule has 1 aliphatic heterocycles. The molecule has 3 amide bonds. The number of hydrogen-bond acceptors (Lipinski definition) is 2. The molecule has 118 valence electrons. The van der Waals surface area contributed by atoms with E-state index in [1.807, 2.05) is 30.3 Å². The molecule has 0 aliphatic carbocycles. The normalized spacial score (nSPS) is 15.2. The molecule has 5 heteroatoms. The molecule has 0 spiro atoms. The average molecular weight is 301 g/mol. The molecule has 0 bridgehead atoms. The van der Waals surface area contributed by atoms with Gasteiger partial charge in [-0.25, -0.2) is 4.79 Å². The summed E-state index contributed by atoms with van der Waals surface area (Å²) in [6.07, 6.45) is 3.09. The summed E-state index contributed by atoms with van der Waals surface area (Å²) in [4.78, 5) is 25.8. The molecule has 1 aliphatic rings. The second-order valence-corrected chi connectivity index (χ2v) is 5.44. The minimum absolute atomic E-state index is 0.00174. The van der Waals surface area contributed by atoms with Crippen LogP contribution in [0.25, 0.3) is 0 Å². The molecule has 0 atom stereocenters. The lowest BCUT2D eigenvalue weighted by Gasteiger charge is -2.31. The molecular weight excluding hydrogens is 278 g/mol. The first kappa shape index (κ1) is 16.1. The lowest BCUT2D eigenvalue weighted by molar-refractivity contribution is -0.126. The maximum absolute atomic E-state index is 12.1. The third-order valence-electron chi connectivity index (χ3n) is 3.86. The summed E-state index contributed by atoms with van der Waals surface area (Å²) < 4.78 is 0. The van der Waals surface area contributed by atoms with E-state index < -0.39 is 0 Å². The third-order valence-corrected chi connectivity index (χ3v) is 3.86. The van der Waals surface area contributed by atoms with Gasteiger partial charge in [-0.1, -0.05) is 36.4 Å². The van der Waals surface area contributed by atoms with Crippen LogP contribution in [0.4, 0.5) is 4.79 Å². The lowest BCUT2D eigenvalue weighted by Crippen LogP contribution is -2.46. The van der Waals surface area contributed by atoms with Crippen molar-refractivity contribution >= 4 is 11.9 Å². The number of hydrogen-bond donors (Lipinski definition) is 2. The van der Waals surface area contributed by atoms with Crippen LogP contribution < -0.4 is 10.6 Å². The Bertz CT molecular complexity index is 508. The minimum Gasteiger partial charge on any atom is -0.352 e. The first-order valence-electron chi connectivity index (χ1n) is 7.66. The highest BCUT2D eigenvalue weighted by molar-refractivity contribution is 5.79. The van der Waals surface area contributed by atoms with Gasteiger partial charge in [-0.05, 0) is 18.4 Å². The second-order valence-electron chi connectivity index (χ2n) is 5.44. The molecule has 0 saturated carbocycles. The number of carbonyl (C=O) groups excluding carboxylic acids is 2. The molecule has 0 unspecified atom stereocenters. The van der Waals surface area contributed by atoms with Crippen molar-refractivity contribution in [3.8, 4) is 0 Å². The van der Waals surface area contributed by atoms with E-state index in [1.165, 1.54) is 0 Å². The average Bonchev–Trinajstić information content (AvgIpc) is 2.58. The SMILES string of the molecule is C=CCNC(=O)C1CCN(C(=O)NCc2ccccc2)CC1. The number of nitrogens with zero attached hydrogens (tertiary/aromatic N) is 1. The Labute approximate surface area is 131 Å². The van der Waals surface area contributed by atoms with Crippen LogP contribution in [0.1, 0.15) is 18.4 Å². The highest BCUT2D eigenvalue weighted by Crippen LogP contribution is 2.17. The van der Waals surface area contributed by atoms with Gasteiger partial charge < -0.3 is 15.5 Å².